The lowest BCUT2D eigenvalue weighted by Crippen LogP contribution is -2.35. The van der Waals surface area contributed by atoms with Gasteiger partial charge in [-0.1, -0.05) is 69.2 Å². The van der Waals surface area contributed by atoms with Gasteiger partial charge < -0.3 is 10.2 Å². The first-order valence-corrected chi connectivity index (χ1v) is 9.93. The standard InChI is InChI=1S/C24H38O4/c1-21(2,3)13-23(7,8)17-15(19(25)26)11-12-16(20(27)28)18(17)24(9,10)14-22(4,5)6/h11-12H,13-14H2,1-10H3,(H,25,26)(H,27,28). The summed E-state index contributed by atoms with van der Waals surface area (Å²) in [6.07, 6.45) is 1.48. The first kappa shape index (κ1) is 24.2. The third-order valence-electron chi connectivity index (χ3n) is 4.96. The molecule has 1 rings (SSSR count). The maximum absolute atomic E-state index is 12.1. The summed E-state index contributed by atoms with van der Waals surface area (Å²) < 4.78 is 0. The van der Waals surface area contributed by atoms with Gasteiger partial charge in [0.15, 0.2) is 0 Å². The zero-order chi connectivity index (χ0) is 22.3. The zero-order valence-electron chi connectivity index (χ0n) is 19.3. The van der Waals surface area contributed by atoms with Crippen LogP contribution in [-0.2, 0) is 10.8 Å². The summed E-state index contributed by atoms with van der Waals surface area (Å²) >= 11 is 0. The Hall–Kier alpha value is -1.84. The van der Waals surface area contributed by atoms with E-state index in [1.165, 1.54) is 12.1 Å². The normalized spacial score (nSPS) is 13.5. The van der Waals surface area contributed by atoms with Gasteiger partial charge >= 0.3 is 11.9 Å². The molecule has 0 radical (unpaired) electrons. The first-order valence-electron chi connectivity index (χ1n) is 9.93. The van der Waals surface area contributed by atoms with Crippen molar-refractivity contribution in [3.63, 3.8) is 0 Å². The van der Waals surface area contributed by atoms with Crippen LogP contribution in [0.5, 0.6) is 0 Å². The molecule has 4 nitrogen and oxygen atoms in total. The number of hydrogen-bond acceptors (Lipinski definition) is 2. The van der Waals surface area contributed by atoms with Crippen LogP contribution in [0.15, 0.2) is 12.1 Å². The van der Waals surface area contributed by atoms with E-state index in [4.69, 9.17) is 0 Å². The van der Waals surface area contributed by atoms with Gasteiger partial charge in [-0.2, -0.15) is 0 Å². The van der Waals surface area contributed by atoms with E-state index in [0.717, 1.165) is 12.8 Å². The van der Waals surface area contributed by atoms with Gasteiger partial charge in [0.05, 0.1) is 11.1 Å². The van der Waals surface area contributed by atoms with E-state index in [1.54, 1.807) is 0 Å². The molecule has 0 aliphatic heterocycles. The van der Waals surface area contributed by atoms with Gasteiger partial charge in [-0.3, -0.25) is 0 Å². The highest BCUT2D eigenvalue weighted by Gasteiger charge is 2.40. The van der Waals surface area contributed by atoms with Crippen LogP contribution in [0.4, 0.5) is 0 Å². The maximum atomic E-state index is 12.1. The number of aromatic carboxylic acids is 2. The second-order valence-electron chi connectivity index (χ2n) is 11.8. The Morgan fingerprint density at radius 3 is 1.07 bits per heavy atom. The molecule has 0 fully saturated rings. The number of carboxylic acids is 2. The van der Waals surface area contributed by atoms with Crippen LogP contribution in [0.3, 0.4) is 0 Å². The minimum absolute atomic E-state index is 0.0378. The van der Waals surface area contributed by atoms with Crippen molar-refractivity contribution in [2.45, 2.75) is 92.9 Å². The Morgan fingerprint density at radius 1 is 0.643 bits per heavy atom. The summed E-state index contributed by atoms with van der Waals surface area (Å²) in [6.45, 7) is 20.8. The van der Waals surface area contributed by atoms with Gasteiger partial charge in [0, 0.05) is 0 Å². The maximum Gasteiger partial charge on any atom is 0.335 e. The van der Waals surface area contributed by atoms with E-state index in [0.29, 0.717) is 11.1 Å². The van der Waals surface area contributed by atoms with Crippen molar-refractivity contribution >= 4 is 11.9 Å². The van der Waals surface area contributed by atoms with Crippen molar-refractivity contribution < 1.29 is 19.8 Å². The molecule has 0 aromatic heterocycles. The molecule has 1 aromatic rings. The van der Waals surface area contributed by atoms with Crippen LogP contribution in [0, 0.1) is 10.8 Å². The smallest absolute Gasteiger partial charge is 0.335 e. The summed E-state index contributed by atoms with van der Waals surface area (Å²) in [6, 6.07) is 2.92. The molecule has 158 valence electrons. The molecule has 0 heterocycles. The molecule has 0 atom stereocenters. The Balaban J connectivity index is 4.01. The number of carboxylic acid groups (broad SMARTS) is 2. The number of benzene rings is 1. The Morgan fingerprint density at radius 2 is 0.893 bits per heavy atom. The summed E-state index contributed by atoms with van der Waals surface area (Å²) in [5, 5.41) is 19.9. The first-order chi connectivity index (χ1) is 12.3. The van der Waals surface area contributed by atoms with Crippen LogP contribution in [0.1, 0.15) is 114 Å². The van der Waals surface area contributed by atoms with Gasteiger partial charge in [-0.15, -0.1) is 0 Å². The van der Waals surface area contributed by atoms with E-state index < -0.39 is 22.8 Å². The molecule has 28 heavy (non-hydrogen) atoms. The summed E-state index contributed by atoms with van der Waals surface area (Å²) in [5.74, 6) is -2.02. The lowest BCUT2D eigenvalue weighted by atomic mass is 9.62. The molecule has 4 heteroatoms. The third kappa shape index (κ3) is 5.83. The van der Waals surface area contributed by atoms with Gasteiger partial charge in [-0.05, 0) is 57.8 Å². The molecule has 0 saturated carbocycles. The minimum atomic E-state index is -1.01. The predicted molar refractivity (Wildman–Crippen MR) is 115 cm³/mol. The van der Waals surface area contributed by atoms with E-state index in [2.05, 4.69) is 41.5 Å². The minimum Gasteiger partial charge on any atom is -0.478 e. The lowest BCUT2D eigenvalue weighted by Gasteiger charge is -2.41. The van der Waals surface area contributed by atoms with E-state index in [-0.39, 0.29) is 22.0 Å². The second-order valence-corrected chi connectivity index (χ2v) is 11.8. The van der Waals surface area contributed by atoms with Crippen LogP contribution in [0.2, 0.25) is 0 Å². The van der Waals surface area contributed by atoms with E-state index in [1.807, 2.05) is 27.7 Å². The van der Waals surface area contributed by atoms with E-state index >= 15 is 0 Å². The van der Waals surface area contributed by atoms with Gasteiger partial charge in [-0.25, -0.2) is 9.59 Å². The summed E-state index contributed by atoms with van der Waals surface area (Å²) in [4.78, 5) is 24.3. The molecular formula is C24H38O4. The SMILES string of the molecule is CC(C)(C)CC(C)(C)c1c(C(=O)O)ccc(C(=O)O)c1C(C)(C)CC(C)(C)C. The third-order valence-corrected chi connectivity index (χ3v) is 4.96. The van der Waals surface area contributed by atoms with Crippen molar-refractivity contribution in [1.82, 2.24) is 0 Å². The van der Waals surface area contributed by atoms with Gasteiger partial charge in [0.2, 0.25) is 0 Å². The summed E-state index contributed by atoms with van der Waals surface area (Å²) in [5.41, 5.74) is 0.651. The van der Waals surface area contributed by atoms with Crippen molar-refractivity contribution in [3.05, 3.63) is 34.4 Å². The molecule has 0 aliphatic rings. The molecule has 2 N–H and O–H groups in total. The summed E-state index contributed by atoms with van der Waals surface area (Å²) in [7, 11) is 0. The zero-order valence-corrected chi connectivity index (χ0v) is 19.3. The topological polar surface area (TPSA) is 74.6 Å². The van der Waals surface area contributed by atoms with Crippen LogP contribution in [-0.4, -0.2) is 22.2 Å². The van der Waals surface area contributed by atoms with Crippen molar-refractivity contribution in [2.75, 3.05) is 0 Å². The highest BCUT2D eigenvalue weighted by atomic mass is 16.4. The largest absolute Gasteiger partial charge is 0.478 e. The van der Waals surface area contributed by atoms with Crippen molar-refractivity contribution in [2.24, 2.45) is 10.8 Å². The highest BCUT2D eigenvalue weighted by molar-refractivity contribution is 5.96. The average Bonchev–Trinajstić information content (AvgIpc) is 2.40. The predicted octanol–water partition coefficient (Wildman–Crippen LogP) is 6.51. The molecule has 0 spiro atoms. The van der Waals surface area contributed by atoms with Crippen LogP contribution < -0.4 is 0 Å². The molecule has 1 aromatic carbocycles. The number of carbonyl (C=O) groups is 2. The number of hydrogen-bond donors (Lipinski definition) is 2. The quantitative estimate of drug-likeness (QED) is 0.580. The molecule has 0 aliphatic carbocycles. The fourth-order valence-corrected chi connectivity index (χ4v) is 5.19. The van der Waals surface area contributed by atoms with Crippen LogP contribution >= 0.6 is 0 Å². The average molecular weight is 391 g/mol. The second kappa shape index (κ2) is 7.53. The fourth-order valence-electron chi connectivity index (χ4n) is 5.19. The molecular weight excluding hydrogens is 352 g/mol. The monoisotopic (exact) mass is 390 g/mol. The number of rotatable bonds is 6. The Bertz CT molecular complexity index is 691. The van der Waals surface area contributed by atoms with Gasteiger partial charge in [0.25, 0.3) is 0 Å². The molecule has 0 saturated heterocycles. The molecule has 0 bridgehead atoms. The Labute approximate surface area is 170 Å². The van der Waals surface area contributed by atoms with Crippen molar-refractivity contribution in [1.29, 1.82) is 0 Å². The Kier molecular flexibility index (Phi) is 6.51. The molecule has 0 unspecified atom stereocenters. The van der Waals surface area contributed by atoms with E-state index in [9.17, 15) is 19.8 Å². The molecule has 0 amide bonds. The highest BCUT2D eigenvalue weighted by Crippen LogP contribution is 2.47. The lowest BCUT2D eigenvalue weighted by molar-refractivity contribution is 0.0674. The van der Waals surface area contributed by atoms with Crippen LogP contribution in [0.25, 0.3) is 0 Å². The van der Waals surface area contributed by atoms with Gasteiger partial charge in [0.1, 0.15) is 0 Å². The fraction of sp³-hybridized carbons (Fsp3) is 0.667. The van der Waals surface area contributed by atoms with Crippen molar-refractivity contribution in [3.8, 4) is 0 Å².